The Morgan fingerprint density at radius 1 is 1.10 bits per heavy atom. The molecule has 2 aromatic heterocycles. The molecule has 1 unspecified atom stereocenters. The summed E-state index contributed by atoms with van der Waals surface area (Å²) in [6.45, 7) is 5.80. The number of hydrogen-bond acceptors (Lipinski definition) is 6. The Balaban J connectivity index is 1.65. The molecule has 0 aliphatic carbocycles. The van der Waals surface area contributed by atoms with Gasteiger partial charge in [-0.1, -0.05) is 54.2 Å². The largest absolute Gasteiger partial charge is 0.469 e. The lowest BCUT2D eigenvalue weighted by molar-refractivity contribution is -0.115. The first-order chi connectivity index (χ1) is 14.9. The molecule has 3 N–H and O–H groups in total. The fraction of sp³-hybridized carbons (Fsp3) is 0.174. The number of carbonyl (C=O) groups is 1. The average molecular weight is 434 g/mol. The van der Waals surface area contributed by atoms with Gasteiger partial charge in [0, 0.05) is 5.69 Å². The number of amides is 1. The van der Waals surface area contributed by atoms with Crippen molar-refractivity contribution < 1.29 is 9.21 Å². The van der Waals surface area contributed by atoms with E-state index in [9.17, 15) is 4.79 Å². The number of furan rings is 1. The van der Waals surface area contributed by atoms with Crippen LogP contribution < -0.4 is 11.2 Å². The Kier molecular flexibility index (Phi) is 5.81. The molecule has 0 aliphatic heterocycles. The fourth-order valence-electron chi connectivity index (χ4n) is 3.23. The smallest absolute Gasteiger partial charge is 0.242 e. The summed E-state index contributed by atoms with van der Waals surface area (Å²) in [6.07, 6.45) is 1.58. The van der Waals surface area contributed by atoms with Gasteiger partial charge >= 0.3 is 0 Å². The molecule has 0 fully saturated rings. The van der Waals surface area contributed by atoms with Crippen molar-refractivity contribution in [3.8, 4) is 11.4 Å². The number of nitrogens with zero attached hydrogens (tertiary/aromatic N) is 3. The third kappa shape index (κ3) is 4.34. The summed E-state index contributed by atoms with van der Waals surface area (Å²) in [4.78, 5) is 13.3. The summed E-state index contributed by atoms with van der Waals surface area (Å²) in [5.41, 5.74) is 4.47. The number of carbonyl (C=O) groups excluding carboxylic acids is 1. The van der Waals surface area contributed by atoms with Crippen molar-refractivity contribution in [3.05, 3.63) is 83.3 Å². The second-order valence-electron chi connectivity index (χ2n) is 7.28. The molecule has 2 heterocycles. The normalized spacial score (nSPS) is 12.0. The van der Waals surface area contributed by atoms with E-state index in [0.29, 0.717) is 16.7 Å². The van der Waals surface area contributed by atoms with Crippen LogP contribution in [0, 0.1) is 20.8 Å². The Hall–Kier alpha value is -3.52. The molecule has 158 valence electrons. The first-order valence-electron chi connectivity index (χ1n) is 9.78. The molecular weight excluding hydrogens is 410 g/mol. The molecule has 1 amide bonds. The average Bonchev–Trinajstić information content (AvgIpc) is 3.34. The zero-order valence-corrected chi connectivity index (χ0v) is 18.3. The molecular formula is C23H23N5O2S. The van der Waals surface area contributed by atoms with Crippen LogP contribution in [0.4, 0.5) is 5.69 Å². The molecule has 8 heteroatoms. The molecule has 0 saturated carbocycles. The third-order valence-corrected chi connectivity index (χ3v) is 6.19. The number of nitrogen functional groups attached to an aromatic ring is 1. The van der Waals surface area contributed by atoms with Gasteiger partial charge < -0.3 is 15.6 Å². The number of anilines is 1. The number of benzene rings is 2. The van der Waals surface area contributed by atoms with Crippen LogP contribution in [0.25, 0.3) is 11.4 Å². The zero-order chi connectivity index (χ0) is 22.0. The van der Waals surface area contributed by atoms with Crippen LogP contribution in [0.5, 0.6) is 0 Å². The van der Waals surface area contributed by atoms with Crippen LogP contribution in [0.1, 0.15) is 27.7 Å². The van der Waals surface area contributed by atoms with E-state index in [1.807, 2.05) is 69.3 Å². The Morgan fingerprint density at radius 2 is 1.87 bits per heavy atom. The van der Waals surface area contributed by atoms with Crippen molar-refractivity contribution in [2.24, 2.45) is 0 Å². The SMILES string of the molecule is Cc1ccc(C)c(NC(=O)C(Sc2nnc(-c3ccoc3C)n2N)c2ccccc2)c1. The lowest BCUT2D eigenvalue weighted by Gasteiger charge is -2.17. The van der Waals surface area contributed by atoms with Gasteiger partial charge in [-0.2, -0.15) is 0 Å². The summed E-state index contributed by atoms with van der Waals surface area (Å²) in [5.74, 6) is 7.30. The Bertz CT molecular complexity index is 1220. The summed E-state index contributed by atoms with van der Waals surface area (Å²) in [5, 5.41) is 11.4. The van der Waals surface area contributed by atoms with E-state index in [1.54, 1.807) is 12.3 Å². The van der Waals surface area contributed by atoms with Gasteiger partial charge in [-0.25, -0.2) is 4.68 Å². The quantitative estimate of drug-likeness (QED) is 0.339. The van der Waals surface area contributed by atoms with Gasteiger partial charge in [0.05, 0.1) is 11.8 Å². The first-order valence-corrected chi connectivity index (χ1v) is 10.7. The number of aryl methyl sites for hydroxylation is 3. The van der Waals surface area contributed by atoms with Gasteiger partial charge in [0.25, 0.3) is 0 Å². The van der Waals surface area contributed by atoms with Crippen molar-refractivity contribution in [1.82, 2.24) is 14.9 Å². The number of nitrogens with one attached hydrogen (secondary N) is 1. The second kappa shape index (κ2) is 8.69. The maximum Gasteiger partial charge on any atom is 0.242 e. The van der Waals surface area contributed by atoms with E-state index in [1.165, 1.54) is 16.4 Å². The maximum absolute atomic E-state index is 13.3. The highest BCUT2D eigenvalue weighted by molar-refractivity contribution is 8.00. The molecule has 4 aromatic rings. The molecule has 2 aromatic carbocycles. The minimum atomic E-state index is -0.564. The topological polar surface area (TPSA) is 99.0 Å². The number of rotatable bonds is 6. The second-order valence-corrected chi connectivity index (χ2v) is 8.36. The summed E-state index contributed by atoms with van der Waals surface area (Å²) >= 11 is 1.25. The molecule has 0 aliphatic rings. The van der Waals surface area contributed by atoms with Gasteiger partial charge in [-0.15, -0.1) is 10.2 Å². The highest BCUT2D eigenvalue weighted by atomic mass is 32.2. The van der Waals surface area contributed by atoms with Crippen LogP contribution in [0.15, 0.2) is 70.4 Å². The molecule has 0 bridgehead atoms. The molecule has 31 heavy (non-hydrogen) atoms. The number of hydrogen-bond donors (Lipinski definition) is 2. The summed E-state index contributed by atoms with van der Waals surface area (Å²) in [6, 6.07) is 17.3. The highest BCUT2D eigenvalue weighted by Crippen LogP contribution is 2.36. The van der Waals surface area contributed by atoms with Crippen molar-refractivity contribution in [2.45, 2.75) is 31.2 Å². The van der Waals surface area contributed by atoms with Crippen molar-refractivity contribution in [1.29, 1.82) is 0 Å². The minimum absolute atomic E-state index is 0.158. The van der Waals surface area contributed by atoms with Crippen LogP contribution in [-0.2, 0) is 4.79 Å². The summed E-state index contributed by atoms with van der Waals surface area (Å²) < 4.78 is 6.74. The Morgan fingerprint density at radius 3 is 2.58 bits per heavy atom. The zero-order valence-electron chi connectivity index (χ0n) is 17.5. The number of thioether (sulfide) groups is 1. The van der Waals surface area contributed by atoms with E-state index in [2.05, 4.69) is 15.5 Å². The fourth-order valence-corrected chi connectivity index (χ4v) is 4.19. The molecule has 1 atom stereocenters. The van der Waals surface area contributed by atoms with E-state index < -0.39 is 5.25 Å². The van der Waals surface area contributed by atoms with Crippen LogP contribution in [0.2, 0.25) is 0 Å². The van der Waals surface area contributed by atoms with Crippen LogP contribution in [0.3, 0.4) is 0 Å². The van der Waals surface area contributed by atoms with Gasteiger partial charge in [-0.05, 0) is 49.6 Å². The minimum Gasteiger partial charge on any atom is -0.469 e. The van der Waals surface area contributed by atoms with E-state index in [-0.39, 0.29) is 5.91 Å². The molecule has 0 spiro atoms. The van der Waals surface area contributed by atoms with Crippen molar-refractivity contribution in [3.63, 3.8) is 0 Å². The number of aromatic nitrogens is 3. The monoisotopic (exact) mass is 433 g/mol. The predicted octanol–water partition coefficient (Wildman–Crippen LogP) is 4.65. The Labute approximate surface area is 184 Å². The van der Waals surface area contributed by atoms with Gasteiger partial charge in [0.1, 0.15) is 11.0 Å². The van der Waals surface area contributed by atoms with Crippen molar-refractivity contribution >= 4 is 23.4 Å². The van der Waals surface area contributed by atoms with Gasteiger partial charge in [0.15, 0.2) is 5.82 Å². The van der Waals surface area contributed by atoms with Gasteiger partial charge in [-0.3, -0.25) is 4.79 Å². The maximum atomic E-state index is 13.3. The first kappa shape index (κ1) is 20.7. The molecule has 0 radical (unpaired) electrons. The van der Waals surface area contributed by atoms with E-state index in [0.717, 1.165) is 27.9 Å². The highest BCUT2D eigenvalue weighted by Gasteiger charge is 2.26. The van der Waals surface area contributed by atoms with Gasteiger partial charge in [0.2, 0.25) is 11.1 Å². The van der Waals surface area contributed by atoms with Crippen LogP contribution >= 0.6 is 11.8 Å². The lowest BCUT2D eigenvalue weighted by Crippen LogP contribution is -2.21. The molecule has 7 nitrogen and oxygen atoms in total. The van der Waals surface area contributed by atoms with E-state index in [4.69, 9.17) is 10.3 Å². The standard InChI is InChI=1S/C23H23N5O2S/c1-14-9-10-15(2)19(13-14)25-22(29)20(17-7-5-4-6-8-17)31-23-27-26-21(28(23)24)18-11-12-30-16(18)3/h4-13,20H,24H2,1-3H3,(H,25,29). The van der Waals surface area contributed by atoms with E-state index >= 15 is 0 Å². The number of nitrogens with two attached hydrogens (primary N) is 1. The molecule has 4 rings (SSSR count). The third-order valence-electron chi connectivity index (χ3n) is 4.98. The summed E-state index contributed by atoms with van der Waals surface area (Å²) in [7, 11) is 0. The lowest BCUT2D eigenvalue weighted by atomic mass is 10.1. The van der Waals surface area contributed by atoms with Crippen LogP contribution in [-0.4, -0.2) is 20.8 Å². The predicted molar refractivity (Wildman–Crippen MR) is 122 cm³/mol. The van der Waals surface area contributed by atoms with Crippen molar-refractivity contribution in [2.75, 3.05) is 11.2 Å². The molecule has 0 saturated heterocycles.